The molecular formula is C18H28N4O2. The van der Waals surface area contributed by atoms with Gasteiger partial charge in [0, 0.05) is 19.1 Å². The van der Waals surface area contributed by atoms with Crippen LogP contribution in [0.15, 0.2) is 24.3 Å². The molecule has 6 nitrogen and oxygen atoms in total. The lowest BCUT2D eigenvalue weighted by molar-refractivity contribution is -0.127. The second-order valence-corrected chi connectivity index (χ2v) is 6.75. The second kappa shape index (κ2) is 8.26. The third-order valence-electron chi connectivity index (χ3n) is 4.56. The minimum Gasteiger partial charge on any atom is -0.369 e. The lowest BCUT2D eigenvalue weighted by Crippen LogP contribution is -2.49. The fourth-order valence-corrected chi connectivity index (χ4v) is 3.28. The molecule has 0 bridgehead atoms. The van der Waals surface area contributed by atoms with E-state index in [0.29, 0.717) is 6.54 Å². The van der Waals surface area contributed by atoms with Crippen LogP contribution in [0.3, 0.4) is 0 Å². The summed E-state index contributed by atoms with van der Waals surface area (Å²) in [5.74, 6) is -0.271. The highest BCUT2D eigenvalue weighted by molar-refractivity contribution is 5.83. The Kier molecular flexibility index (Phi) is 6.34. The van der Waals surface area contributed by atoms with Gasteiger partial charge in [-0.2, -0.15) is 0 Å². The Bertz CT molecular complexity index is 580. The maximum absolute atomic E-state index is 12.8. The van der Waals surface area contributed by atoms with Crippen molar-refractivity contribution in [2.75, 3.05) is 33.7 Å². The molecule has 1 aliphatic heterocycles. The molecule has 1 aromatic carbocycles. The normalized spacial score (nSPS) is 17.7. The maximum atomic E-state index is 12.8. The van der Waals surface area contributed by atoms with Crippen LogP contribution in [0, 0.1) is 6.92 Å². The van der Waals surface area contributed by atoms with Gasteiger partial charge in [0.25, 0.3) is 0 Å². The summed E-state index contributed by atoms with van der Waals surface area (Å²) in [4.78, 5) is 27.8. The van der Waals surface area contributed by atoms with Gasteiger partial charge in [-0.25, -0.2) is 0 Å². The first kappa shape index (κ1) is 18.4. The zero-order chi connectivity index (χ0) is 17.7. The van der Waals surface area contributed by atoms with E-state index in [9.17, 15) is 9.59 Å². The number of likely N-dealkylation sites (N-methyl/N-ethyl adjacent to an activating group) is 1. The molecule has 1 heterocycles. The molecular weight excluding hydrogens is 304 g/mol. The van der Waals surface area contributed by atoms with Crippen LogP contribution < -0.4 is 11.1 Å². The summed E-state index contributed by atoms with van der Waals surface area (Å²) >= 11 is 0. The first-order chi connectivity index (χ1) is 11.4. The number of hydrogen-bond acceptors (Lipinski definition) is 4. The highest BCUT2D eigenvalue weighted by atomic mass is 16.2. The number of carbonyl (C=O) groups is 2. The van der Waals surface area contributed by atoms with Crippen molar-refractivity contribution in [2.45, 2.75) is 31.8 Å². The number of carbonyl (C=O) groups excluding carboxylic acids is 2. The van der Waals surface area contributed by atoms with Crippen LogP contribution in [0.1, 0.15) is 30.0 Å². The first-order valence-electron chi connectivity index (χ1n) is 8.41. The Morgan fingerprint density at radius 2 is 1.92 bits per heavy atom. The van der Waals surface area contributed by atoms with Gasteiger partial charge in [0.1, 0.15) is 6.04 Å². The smallest absolute Gasteiger partial charge is 0.242 e. The maximum Gasteiger partial charge on any atom is 0.242 e. The van der Waals surface area contributed by atoms with Crippen molar-refractivity contribution < 1.29 is 9.59 Å². The zero-order valence-electron chi connectivity index (χ0n) is 14.8. The van der Waals surface area contributed by atoms with Crippen molar-refractivity contribution in [3.63, 3.8) is 0 Å². The quantitative estimate of drug-likeness (QED) is 0.802. The largest absolute Gasteiger partial charge is 0.369 e. The topological polar surface area (TPSA) is 78.7 Å². The molecule has 0 aliphatic carbocycles. The molecule has 2 rings (SSSR count). The summed E-state index contributed by atoms with van der Waals surface area (Å²) in [7, 11) is 3.85. The van der Waals surface area contributed by atoms with Crippen LogP contribution in [-0.4, -0.2) is 61.4 Å². The molecule has 24 heavy (non-hydrogen) atoms. The highest BCUT2D eigenvalue weighted by Crippen LogP contribution is 2.23. The summed E-state index contributed by atoms with van der Waals surface area (Å²) in [6.07, 6.45) is 1.68. The van der Waals surface area contributed by atoms with E-state index in [1.165, 1.54) is 0 Å². The van der Waals surface area contributed by atoms with Crippen molar-refractivity contribution in [3.8, 4) is 0 Å². The second-order valence-electron chi connectivity index (χ2n) is 6.75. The van der Waals surface area contributed by atoms with Crippen LogP contribution in [0.2, 0.25) is 0 Å². The standard InChI is InChI=1S/C18H28N4O2/c1-13-6-4-5-7-15(13)17(21(2)3)18(24)20-14-8-10-22(11-9-14)12-16(19)23/h4-7,14,17H,8-12H2,1-3H3,(H2,19,23)(H,20,24)/t17-/m0/s1. The Morgan fingerprint density at radius 3 is 2.46 bits per heavy atom. The fraction of sp³-hybridized carbons (Fsp3) is 0.556. The van der Waals surface area contributed by atoms with Crippen molar-refractivity contribution in [1.82, 2.24) is 15.1 Å². The molecule has 1 aromatic rings. The van der Waals surface area contributed by atoms with Gasteiger partial charge < -0.3 is 11.1 Å². The van der Waals surface area contributed by atoms with Crippen LogP contribution in [0.5, 0.6) is 0 Å². The summed E-state index contributed by atoms with van der Waals surface area (Å²) in [5.41, 5.74) is 7.38. The summed E-state index contributed by atoms with van der Waals surface area (Å²) in [6, 6.07) is 7.84. The Morgan fingerprint density at radius 1 is 1.29 bits per heavy atom. The van der Waals surface area contributed by atoms with Crippen molar-refractivity contribution in [3.05, 3.63) is 35.4 Å². The monoisotopic (exact) mass is 332 g/mol. The van der Waals surface area contributed by atoms with E-state index >= 15 is 0 Å². The van der Waals surface area contributed by atoms with Gasteiger partial charge >= 0.3 is 0 Å². The van der Waals surface area contributed by atoms with E-state index in [2.05, 4.69) is 5.32 Å². The third kappa shape index (κ3) is 4.79. The van der Waals surface area contributed by atoms with Crippen LogP contribution >= 0.6 is 0 Å². The minimum absolute atomic E-state index is 0.0302. The number of aryl methyl sites for hydroxylation is 1. The predicted octanol–water partition coefficient (Wildman–Crippen LogP) is 0.664. The highest BCUT2D eigenvalue weighted by Gasteiger charge is 2.28. The first-order valence-corrected chi connectivity index (χ1v) is 8.41. The van der Waals surface area contributed by atoms with Gasteiger partial charge in [0.15, 0.2) is 0 Å². The van der Waals surface area contributed by atoms with Gasteiger partial charge in [-0.3, -0.25) is 19.4 Å². The van der Waals surface area contributed by atoms with E-state index in [-0.39, 0.29) is 23.9 Å². The molecule has 0 saturated carbocycles. The van der Waals surface area contributed by atoms with E-state index in [1.54, 1.807) is 0 Å². The van der Waals surface area contributed by atoms with E-state index in [0.717, 1.165) is 37.1 Å². The number of likely N-dealkylation sites (tertiary alicyclic amines) is 1. The molecule has 0 radical (unpaired) electrons. The van der Waals surface area contributed by atoms with Crippen LogP contribution in [0.4, 0.5) is 0 Å². The molecule has 0 spiro atoms. The number of rotatable bonds is 6. The van der Waals surface area contributed by atoms with Gasteiger partial charge in [0.05, 0.1) is 6.54 Å². The molecule has 1 atom stereocenters. The number of primary amides is 1. The number of nitrogens with two attached hydrogens (primary N) is 1. The molecule has 1 aliphatic rings. The van der Waals surface area contributed by atoms with Crippen LogP contribution in [-0.2, 0) is 9.59 Å². The lowest BCUT2D eigenvalue weighted by atomic mass is 9.98. The predicted molar refractivity (Wildman–Crippen MR) is 94.4 cm³/mol. The zero-order valence-corrected chi connectivity index (χ0v) is 14.8. The number of hydrogen-bond donors (Lipinski definition) is 2. The number of amides is 2. The minimum atomic E-state index is -0.301. The van der Waals surface area contributed by atoms with Crippen molar-refractivity contribution in [1.29, 1.82) is 0 Å². The average Bonchev–Trinajstić information content (AvgIpc) is 2.50. The molecule has 6 heteroatoms. The van der Waals surface area contributed by atoms with Gasteiger partial charge in [-0.15, -0.1) is 0 Å². The van der Waals surface area contributed by atoms with Gasteiger partial charge in [0.2, 0.25) is 11.8 Å². The number of nitrogens with zero attached hydrogens (tertiary/aromatic N) is 2. The molecule has 0 unspecified atom stereocenters. The lowest BCUT2D eigenvalue weighted by Gasteiger charge is -2.33. The molecule has 1 saturated heterocycles. The number of benzene rings is 1. The van der Waals surface area contributed by atoms with Crippen molar-refractivity contribution in [2.24, 2.45) is 5.73 Å². The Labute approximate surface area is 144 Å². The summed E-state index contributed by atoms with van der Waals surface area (Å²) < 4.78 is 0. The molecule has 2 amide bonds. The SMILES string of the molecule is Cc1ccccc1[C@@H](C(=O)NC1CCN(CC(N)=O)CC1)N(C)C. The Balaban J connectivity index is 1.97. The summed E-state index contributed by atoms with van der Waals surface area (Å²) in [5, 5.41) is 3.18. The van der Waals surface area contributed by atoms with Gasteiger partial charge in [-0.05, 0) is 45.0 Å². The fourth-order valence-electron chi connectivity index (χ4n) is 3.28. The van der Waals surface area contributed by atoms with Gasteiger partial charge in [-0.1, -0.05) is 24.3 Å². The molecule has 132 valence electrons. The average molecular weight is 332 g/mol. The molecule has 0 aromatic heterocycles. The van der Waals surface area contributed by atoms with Crippen molar-refractivity contribution >= 4 is 11.8 Å². The van der Waals surface area contributed by atoms with Crippen LogP contribution in [0.25, 0.3) is 0 Å². The molecule has 3 N–H and O–H groups in total. The third-order valence-corrected chi connectivity index (χ3v) is 4.56. The summed E-state index contributed by atoms with van der Waals surface area (Å²) in [6.45, 7) is 3.89. The number of piperidine rings is 1. The number of nitrogens with one attached hydrogen (secondary N) is 1. The van der Waals surface area contributed by atoms with E-state index in [1.807, 2.05) is 55.1 Å². The molecule has 1 fully saturated rings. The Hall–Kier alpha value is -1.92. The van der Waals surface area contributed by atoms with E-state index in [4.69, 9.17) is 5.73 Å². The van der Waals surface area contributed by atoms with E-state index < -0.39 is 0 Å².